The number of hydrogen-bond donors (Lipinski definition) is 0. The summed E-state index contributed by atoms with van der Waals surface area (Å²) in [5.74, 6) is 0.158. The molecule has 2 aromatic heterocycles. The molecule has 5 nitrogen and oxygen atoms in total. The number of thioether (sulfide) groups is 1. The fourth-order valence-electron chi connectivity index (χ4n) is 3.47. The lowest BCUT2D eigenvalue weighted by atomic mass is 10.1. The Kier molecular flexibility index (Phi) is 5.96. The summed E-state index contributed by atoms with van der Waals surface area (Å²) in [6, 6.07) is 7.83. The summed E-state index contributed by atoms with van der Waals surface area (Å²) in [5, 5.41) is 3.38. The summed E-state index contributed by atoms with van der Waals surface area (Å²) < 4.78 is 7.37. The number of amides is 1. The summed E-state index contributed by atoms with van der Waals surface area (Å²) in [4.78, 5) is 21.2. The number of thiophene rings is 1. The molecule has 1 aromatic carbocycles. The second-order valence-corrected chi connectivity index (χ2v) is 9.56. The minimum absolute atomic E-state index is 0.158. The molecule has 148 valence electrons. The third-order valence-corrected chi connectivity index (χ3v) is 7.28. The van der Waals surface area contributed by atoms with E-state index in [1.54, 1.807) is 18.4 Å². The first-order valence-electron chi connectivity index (χ1n) is 9.22. The highest BCUT2D eigenvalue weighted by atomic mass is 35.5. The van der Waals surface area contributed by atoms with E-state index in [9.17, 15) is 4.79 Å². The molecule has 0 radical (unpaired) electrons. The van der Waals surface area contributed by atoms with Gasteiger partial charge in [0, 0.05) is 36.6 Å². The molecule has 1 aliphatic rings. The molecule has 8 heteroatoms. The van der Waals surface area contributed by atoms with E-state index in [2.05, 4.69) is 16.0 Å². The van der Waals surface area contributed by atoms with Crippen LogP contribution in [-0.4, -0.2) is 45.9 Å². The lowest BCUT2D eigenvalue weighted by Crippen LogP contribution is -2.39. The highest BCUT2D eigenvalue weighted by Gasteiger charge is 2.27. The Bertz CT molecular complexity index is 1000. The van der Waals surface area contributed by atoms with E-state index < -0.39 is 0 Å². The number of carbonyl (C=O) groups excluding carboxylic acids is 1. The van der Waals surface area contributed by atoms with E-state index in [4.69, 9.17) is 21.3 Å². The maximum Gasteiger partial charge on any atom is 0.236 e. The second kappa shape index (κ2) is 8.45. The van der Waals surface area contributed by atoms with Crippen LogP contribution < -0.4 is 0 Å². The smallest absolute Gasteiger partial charge is 0.236 e. The number of nitrogens with zero attached hydrogens (tertiary/aromatic N) is 3. The second-order valence-electron chi connectivity index (χ2n) is 6.81. The fraction of sp³-hybridized carbons (Fsp3) is 0.400. The van der Waals surface area contributed by atoms with E-state index in [0.717, 1.165) is 29.2 Å². The highest BCUT2D eigenvalue weighted by Crippen LogP contribution is 2.31. The highest BCUT2D eigenvalue weighted by molar-refractivity contribution is 8.00. The molecule has 3 aromatic rings. The van der Waals surface area contributed by atoms with Crippen molar-refractivity contribution in [3.05, 3.63) is 45.1 Å². The lowest BCUT2D eigenvalue weighted by Gasteiger charge is -2.29. The Labute approximate surface area is 177 Å². The molecule has 0 saturated carbocycles. The predicted molar refractivity (Wildman–Crippen MR) is 115 cm³/mol. The van der Waals surface area contributed by atoms with Crippen molar-refractivity contribution in [2.24, 2.45) is 0 Å². The molecule has 1 unspecified atom stereocenters. The number of fused-ring (bicyclic) bond motifs is 2. The number of ether oxygens (including phenoxy) is 1. The molecule has 0 aliphatic carbocycles. The summed E-state index contributed by atoms with van der Waals surface area (Å²) in [6.07, 6.45) is 0.945. The third kappa shape index (κ3) is 3.94. The minimum atomic E-state index is -0.214. The number of benzene rings is 1. The van der Waals surface area contributed by atoms with Crippen molar-refractivity contribution in [1.29, 1.82) is 0 Å². The summed E-state index contributed by atoms with van der Waals surface area (Å²) >= 11 is 9.42. The average Bonchev–Trinajstić information content (AvgIpc) is 3.28. The molecule has 0 spiro atoms. The van der Waals surface area contributed by atoms with E-state index in [1.165, 1.54) is 22.2 Å². The molecule has 3 heterocycles. The van der Waals surface area contributed by atoms with Crippen molar-refractivity contribution in [2.45, 2.75) is 36.8 Å². The van der Waals surface area contributed by atoms with Gasteiger partial charge in [0.05, 0.1) is 22.9 Å². The van der Waals surface area contributed by atoms with Crippen molar-refractivity contribution in [3.63, 3.8) is 0 Å². The van der Waals surface area contributed by atoms with Gasteiger partial charge in [-0.3, -0.25) is 4.79 Å². The monoisotopic (exact) mass is 435 g/mol. The van der Waals surface area contributed by atoms with Crippen LogP contribution >= 0.6 is 34.7 Å². The number of halogens is 1. The van der Waals surface area contributed by atoms with Gasteiger partial charge in [-0.1, -0.05) is 23.4 Å². The van der Waals surface area contributed by atoms with Crippen LogP contribution in [0.3, 0.4) is 0 Å². The lowest BCUT2D eigenvalue weighted by molar-refractivity contribution is -0.131. The maximum atomic E-state index is 13.1. The van der Waals surface area contributed by atoms with Crippen LogP contribution in [-0.2, 0) is 29.0 Å². The van der Waals surface area contributed by atoms with Crippen LogP contribution in [0.25, 0.3) is 11.0 Å². The first-order valence-corrected chi connectivity index (χ1v) is 11.4. The van der Waals surface area contributed by atoms with Gasteiger partial charge in [0.15, 0.2) is 5.16 Å². The van der Waals surface area contributed by atoms with Crippen LogP contribution in [0.15, 0.2) is 34.8 Å². The molecule has 28 heavy (non-hydrogen) atoms. The van der Waals surface area contributed by atoms with Gasteiger partial charge in [0.1, 0.15) is 0 Å². The first-order chi connectivity index (χ1) is 13.6. The van der Waals surface area contributed by atoms with Crippen LogP contribution in [0.1, 0.15) is 17.4 Å². The van der Waals surface area contributed by atoms with Gasteiger partial charge in [-0.15, -0.1) is 11.3 Å². The van der Waals surface area contributed by atoms with Crippen molar-refractivity contribution < 1.29 is 9.53 Å². The molecule has 1 amide bonds. The number of aromatic nitrogens is 2. The zero-order valence-corrected chi connectivity index (χ0v) is 18.2. The fourth-order valence-corrected chi connectivity index (χ4v) is 5.56. The van der Waals surface area contributed by atoms with Crippen molar-refractivity contribution in [2.75, 3.05) is 20.3 Å². The van der Waals surface area contributed by atoms with E-state index in [0.29, 0.717) is 24.7 Å². The van der Waals surface area contributed by atoms with Crippen molar-refractivity contribution >= 4 is 51.6 Å². The zero-order chi connectivity index (χ0) is 19.7. The number of imidazole rings is 1. The summed E-state index contributed by atoms with van der Waals surface area (Å²) in [5.41, 5.74) is 3.12. The van der Waals surface area contributed by atoms with Gasteiger partial charge >= 0.3 is 0 Å². The van der Waals surface area contributed by atoms with Gasteiger partial charge in [0.25, 0.3) is 0 Å². The number of hydrogen-bond acceptors (Lipinski definition) is 5. The Hall–Kier alpha value is -1.54. The van der Waals surface area contributed by atoms with Gasteiger partial charge in [-0.2, -0.15) is 0 Å². The van der Waals surface area contributed by atoms with Gasteiger partial charge in [-0.05, 0) is 48.6 Å². The van der Waals surface area contributed by atoms with Gasteiger partial charge < -0.3 is 14.2 Å². The summed E-state index contributed by atoms with van der Waals surface area (Å²) in [6.45, 7) is 4.71. The van der Waals surface area contributed by atoms with Gasteiger partial charge in [-0.25, -0.2) is 4.98 Å². The maximum absolute atomic E-state index is 13.1. The molecule has 0 bridgehead atoms. The molecule has 1 aliphatic heterocycles. The Morgan fingerprint density at radius 3 is 3.11 bits per heavy atom. The largest absolute Gasteiger partial charge is 0.383 e. The quantitative estimate of drug-likeness (QED) is 0.536. The Morgan fingerprint density at radius 2 is 2.29 bits per heavy atom. The number of carbonyl (C=O) groups is 1. The SMILES string of the molecule is COCCn1c(SC(C)C(=O)N2CCc3sccc3C2)nc2cc(Cl)ccc21. The summed E-state index contributed by atoms with van der Waals surface area (Å²) in [7, 11) is 1.68. The molecular weight excluding hydrogens is 414 g/mol. The van der Waals surface area contributed by atoms with Gasteiger partial charge in [0.2, 0.25) is 5.91 Å². The van der Waals surface area contributed by atoms with E-state index >= 15 is 0 Å². The van der Waals surface area contributed by atoms with E-state index in [1.807, 2.05) is 30.0 Å². The third-order valence-electron chi connectivity index (χ3n) is 4.94. The van der Waals surface area contributed by atoms with Crippen LogP contribution in [0.4, 0.5) is 0 Å². The average molecular weight is 436 g/mol. The van der Waals surface area contributed by atoms with E-state index in [-0.39, 0.29) is 11.2 Å². The molecule has 0 N–H and O–H groups in total. The number of rotatable bonds is 6. The van der Waals surface area contributed by atoms with Crippen LogP contribution in [0, 0.1) is 0 Å². The molecular formula is C20H22ClN3O2S2. The van der Waals surface area contributed by atoms with Crippen LogP contribution in [0.5, 0.6) is 0 Å². The molecule has 1 atom stereocenters. The Morgan fingerprint density at radius 1 is 1.43 bits per heavy atom. The zero-order valence-electron chi connectivity index (χ0n) is 15.9. The van der Waals surface area contributed by atoms with Crippen LogP contribution in [0.2, 0.25) is 5.02 Å². The standard InChI is InChI=1S/C20H22ClN3O2S2/c1-13(19(25)23-7-5-18-14(12-23)6-10-27-18)28-20-22-16-11-15(21)3-4-17(16)24(20)8-9-26-2/h3-4,6,10-11,13H,5,7-9,12H2,1-2H3. The van der Waals surface area contributed by atoms with Crippen molar-refractivity contribution in [1.82, 2.24) is 14.5 Å². The first kappa shape index (κ1) is 19.8. The topological polar surface area (TPSA) is 47.4 Å². The normalized spacial score (nSPS) is 15.0. The number of methoxy groups -OCH3 is 1. The predicted octanol–water partition coefficient (Wildman–Crippen LogP) is 4.46. The molecule has 0 saturated heterocycles. The van der Waals surface area contributed by atoms with Crippen molar-refractivity contribution in [3.8, 4) is 0 Å². The minimum Gasteiger partial charge on any atom is -0.383 e. The Balaban J connectivity index is 1.54. The molecule has 0 fully saturated rings. The molecule has 4 rings (SSSR count).